The van der Waals surface area contributed by atoms with E-state index < -0.39 is 0 Å². The highest BCUT2D eigenvalue weighted by atomic mass is 28.1. The van der Waals surface area contributed by atoms with Gasteiger partial charge in [0.1, 0.15) is 0 Å². The summed E-state index contributed by atoms with van der Waals surface area (Å²) in [4.78, 5) is 0. The van der Waals surface area contributed by atoms with Crippen LogP contribution in [0, 0.1) is 5.92 Å². The second-order valence-corrected chi connectivity index (χ2v) is 4.53. The molecule has 0 fully saturated rings. The Hall–Kier alpha value is -0.823. The predicted molar refractivity (Wildman–Crippen MR) is 61.9 cm³/mol. The summed E-state index contributed by atoms with van der Waals surface area (Å²) >= 11 is 0. The molecule has 0 unspecified atom stereocenters. The molecule has 0 aromatic carbocycles. The van der Waals surface area contributed by atoms with E-state index in [9.17, 15) is 0 Å². The molecule has 0 aromatic heterocycles. The Labute approximate surface area is 83.2 Å². The van der Waals surface area contributed by atoms with Crippen LogP contribution in [0.5, 0.6) is 0 Å². The topological polar surface area (TPSA) is 0 Å². The largest absolute Gasteiger partial charge is 0.0804 e. The molecule has 0 saturated carbocycles. The maximum absolute atomic E-state index is 2.31. The van der Waals surface area contributed by atoms with Crippen molar-refractivity contribution in [3.63, 3.8) is 0 Å². The molecule has 13 heavy (non-hydrogen) atoms. The van der Waals surface area contributed by atoms with Gasteiger partial charge in [-0.05, 0) is 18.8 Å². The van der Waals surface area contributed by atoms with Crippen molar-refractivity contribution in [3.05, 3.63) is 47.6 Å². The normalized spacial score (nSPS) is 20.1. The molecule has 0 aromatic rings. The molecule has 0 heterocycles. The van der Waals surface area contributed by atoms with Crippen molar-refractivity contribution >= 4 is 10.2 Å². The van der Waals surface area contributed by atoms with E-state index in [1.807, 2.05) is 0 Å². The van der Waals surface area contributed by atoms with E-state index in [2.05, 4.69) is 36.5 Å². The van der Waals surface area contributed by atoms with E-state index in [-0.39, 0.29) is 0 Å². The van der Waals surface area contributed by atoms with Crippen molar-refractivity contribution in [3.8, 4) is 0 Å². The molecule has 0 N–H and O–H groups in total. The van der Waals surface area contributed by atoms with Crippen molar-refractivity contribution in [2.24, 2.45) is 5.92 Å². The molecular weight excluding hydrogens is 172 g/mol. The van der Waals surface area contributed by atoms with Crippen LogP contribution in [0.3, 0.4) is 0 Å². The molecule has 0 amide bonds. The van der Waals surface area contributed by atoms with E-state index in [4.69, 9.17) is 0 Å². The number of allylic oxidation sites excluding steroid dienone is 8. The lowest BCUT2D eigenvalue weighted by Gasteiger charge is -2.17. The lowest BCUT2D eigenvalue weighted by Crippen LogP contribution is -2.04. The summed E-state index contributed by atoms with van der Waals surface area (Å²) in [5.74, 6) is 0.761. The van der Waals surface area contributed by atoms with Gasteiger partial charge in [0.15, 0.2) is 0 Å². The third-order valence-corrected chi connectivity index (χ3v) is 3.72. The zero-order chi connectivity index (χ0) is 9.10. The minimum absolute atomic E-state index is 0.761. The molecule has 0 aliphatic heterocycles. The Morgan fingerprint density at radius 1 is 1.08 bits per heavy atom. The number of hydrogen-bond donors (Lipinski definition) is 0. The first kappa shape index (κ1) is 8.76. The summed E-state index contributed by atoms with van der Waals surface area (Å²) in [7, 11) is 1.30. The average molecular weight is 188 g/mol. The van der Waals surface area contributed by atoms with Crippen LogP contribution in [0.25, 0.3) is 0 Å². The summed E-state index contributed by atoms with van der Waals surface area (Å²) in [5, 5.41) is 0. The Morgan fingerprint density at radius 3 is 1.92 bits per heavy atom. The Kier molecular flexibility index (Phi) is 2.64. The lowest BCUT2D eigenvalue weighted by atomic mass is 9.91. The summed E-state index contributed by atoms with van der Waals surface area (Å²) in [6.45, 7) is 0. The van der Waals surface area contributed by atoms with Gasteiger partial charge in [-0.25, -0.2) is 0 Å². The highest BCUT2D eigenvalue weighted by molar-refractivity contribution is 6.09. The molecular formula is C12H16Si. The monoisotopic (exact) mass is 188 g/mol. The standard InChI is InChI=1S/C12H16Si/c13-9-12(10-5-1-2-6-10)11-7-3-4-8-11/h1-5,7,12H,6,8-9H2,13H3. The quantitative estimate of drug-likeness (QED) is 0.595. The zero-order valence-corrected chi connectivity index (χ0v) is 10.2. The van der Waals surface area contributed by atoms with Crippen molar-refractivity contribution in [2.45, 2.75) is 18.9 Å². The fourth-order valence-electron chi connectivity index (χ4n) is 2.21. The molecule has 0 saturated heterocycles. The van der Waals surface area contributed by atoms with Crippen LogP contribution in [-0.2, 0) is 0 Å². The van der Waals surface area contributed by atoms with Gasteiger partial charge in [0, 0.05) is 10.2 Å². The van der Waals surface area contributed by atoms with Gasteiger partial charge in [-0.3, -0.25) is 0 Å². The predicted octanol–water partition coefficient (Wildman–Crippen LogP) is 2.16. The molecule has 68 valence electrons. The molecule has 0 atom stereocenters. The SMILES string of the molecule is [SiH3]CC(C1=CC=CC1)C1=CC=CC1. The van der Waals surface area contributed by atoms with Crippen LogP contribution < -0.4 is 0 Å². The van der Waals surface area contributed by atoms with Crippen LogP contribution in [0.1, 0.15) is 12.8 Å². The first-order valence-electron chi connectivity index (χ1n) is 5.13. The van der Waals surface area contributed by atoms with Gasteiger partial charge in [-0.1, -0.05) is 53.6 Å². The smallest absolute Gasteiger partial charge is 0.00396 e. The molecule has 0 spiro atoms. The van der Waals surface area contributed by atoms with Crippen molar-refractivity contribution in [1.29, 1.82) is 0 Å². The van der Waals surface area contributed by atoms with Gasteiger partial charge < -0.3 is 0 Å². The fraction of sp³-hybridized carbons (Fsp3) is 0.333. The van der Waals surface area contributed by atoms with Crippen molar-refractivity contribution in [2.75, 3.05) is 0 Å². The summed E-state index contributed by atoms with van der Waals surface area (Å²) in [6, 6.07) is 1.38. The first-order chi connectivity index (χ1) is 6.42. The van der Waals surface area contributed by atoms with Gasteiger partial charge >= 0.3 is 0 Å². The van der Waals surface area contributed by atoms with Gasteiger partial charge in [-0.2, -0.15) is 0 Å². The van der Waals surface area contributed by atoms with Gasteiger partial charge in [0.25, 0.3) is 0 Å². The van der Waals surface area contributed by atoms with E-state index >= 15 is 0 Å². The second kappa shape index (κ2) is 3.92. The first-order valence-corrected chi connectivity index (χ1v) is 6.54. The minimum atomic E-state index is 0.761. The minimum Gasteiger partial charge on any atom is -0.0804 e. The maximum Gasteiger partial charge on any atom is 0.00396 e. The van der Waals surface area contributed by atoms with E-state index in [1.165, 1.54) is 29.1 Å². The van der Waals surface area contributed by atoms with E-state index in [1.54, 1.807) is 11.1 Å². The molecule has 2 aliphatic carbocycles. The van der Waals surface area contributed by atoms with Crippen molar-refractivity contribution in [1.82, 2.24) is 0 Å². The number of rotatable bonds is 3. The zero-order valence-electron chi connectivity index (χ0n) is 8.16. The Morgan fingerprint density at radius 2 is 1.62 bits per heavy atom. The highest BCUT2D eigenvalue weighted by Gasteiger charge is 2.17. The lowest BCUT2D eigenvalue weighted by molar-refractivity contribution is 0.766. The molecule has 0 bridgehead atoms. The summed E-state index contributed by atoms with van der Waals surface area (Å²) < 4.78 is 0. The third-order valence-electron chi connectivity index (χ3n) is 2.90. The molecule has 2 rings (SSSR count). The highest BCUT2D eigenvalue weighted by Crippen LogP contribution is 2.32. The molecule has 0 radical (unpaired) electrons. The summed E-state index contributed by atoms with van der Waals surface area (Å²) in [5.41, 5.74) is 3.26. The fourth-order valence-corrected chi connectivity index (χ4v) is 3.26. The third kappa shape index (κ3) is 1.75. The van der Waals surface area contributed by atoms with Crippen LogP contribution in [0.2, 0.25) is 6.04 Å². The summed E-state index contributed by atoms with van der Waals surface area (Å²) in [6.07, 6.45) is 15.9. The van der Waals surface area contributed by atoms with E-state index in [0.29, 0.717) is 0 Å². The Bertz CT molecular complexity index is 275. The van der Waals surface area contributed by atoms with Crippen LogP contribution in [-0.4, -0.2) is 10.2 Å². The van der Waals surface area contributed by atoms with E-state index in [0.717, 1.165) is 5.92 Å². The molecule has 0 nitrogen and oxygen atoms in total. The van der Waals surface area contributed by atoms with Crippen molar-refractivity contribution < 1.29 is 0 Å². The van der Waals surface area contributed by atoms with Crippen LogP contribution in [0.15, 0.2) is 47.6 Å². The van der Waals surface area contributed by atoms with Crippen LogP contribution >= 0.6 is 0 Å². The molecule has 1 heteroatoms. The second-order valence-electron chi connectivity index (χ2n) is 3.71. The Balaban J connectivity index is 2.09. The molecule has 2 aliphatic rings. The van der Waals surface area contributed by atoms with Gasteiger partial charge in [0.2, 0.25) is 0 Å². The van der Waals surface area contributed by atoms with Gasteiger partial charge in [0.05, 0.1) is 0 Å². The van der Waals surface area contributed by atoms with Crippen LogP contribution in [0.4, 0.5) is 0 Å². The number of hydrogen-bond acceptors (Lipinski definition) is 0. The van der Waals surface area contributed by atoms with Gasteiger partial charge in [-0.15, -0.1) is 0 Å². The maximum atomic E-state index is 2.31. The average Bonchev–Trinajstić information content (AvgIpc) is 2.76.